The Hall–Kier alpha value is -3.60. The Labute approximate surface area is 236 Å². The van der Waals surface area contributed by atoms with Crippen molar-refractivity contribution in [2.75, 3.05) is 19.9 Å². The summed E-state index contributed by atoms with van der Waals surface area (Å²) in [6, 6.07) is 8.15. The predicted octanol–water partition coefficient (Wildman–Crippen LogP) is 7.81. The van der Waals surface area contributed by atoms with E-state index in [1.54, 1.807) is 18.3 Å². The van der Waals surface area contributed by atoms with Crippen LogP contribution in [-0.2, 0) is 32.7 Å². The first-order valence-electron chi connectivity index (χ1n) is 13.0. The van der Waals surface area contributed by atoms with Crippen LogP contribution in [0.5, 0.6) is 0 Å². The lowest BCUT2D eigenvalue weighted by atomic mass is 9.84. The molecule has 0 saturated heterocycles. The number of rotatable bonds is 9. The minimum absolute atomic E-state index is 0.0753. The largest absolute Gasteiger partial charge is 0.491 e. The van der Waals surface area contributed by atoms with Crippen molar-refractivity contribution < 1.29 is 41.1 Å². The number of carbonyl (C=O) groups is 1. The van der Waals surface area contributed by atoms with E-state index in [0.717, 1.165) is 36.6 Å². The van der Waals surface area contributed by atoms with Gasteiger partial charge < -0.3 is 9.26 Å². The molecule has 0 spiro atoms. The summed E-state index contributed by atoms with van der Waals surface area (Å²) < 4.78 is 72.6. The molecule has 0 aliphatic heterocycles. The van der Waals surface area contributed by atoms with Crippen LogP contribution in [0.25, 0.3) is 16.9 Å². The number of halogens is 5. The monoisotopic (exact) mass is 582 g/mol. The highest BCUT2D eigenvalue weighted by molar-refractivity contribution is 5.78. The van der Waals surface area contributed by atoms with Crippen molar-refractivity contribution in [2.45, 2.75) is 65.2 Å². The molecular formula is C30H35F5N2O4. The number of benzene rings is 1. The first-order chi connectivity index (χ1) is 19.3. The zero-order chi connectivity index (χ0) is 30.6. The van der Waals surface area contributed by atoms with E-state index < -0.39 is 17.2 Å². The van der Waals surface area contributed by atoms with E-state index >= 15 is 0 Å². The third-order valence-electron chi connectivity index (χ3n) is 6.34. The van der Waals surface area contributed by atoms with Crippen LogP contribution in [0.4, 0.5) is 22.1 Å². The number of allylic oxidation sites excluding steroid dienone is 1. The molecule has 0 radical (unpaired) electrons. The molecule has 2 heterocycles. The summed E-state index contributed by atoms with van der Waals surface area (Å²) in [5, 5.41) is 3.39. The number of fused-ring (bicyclic) bond motifs is 1. The highest BCUT2D eigenvalue weighted by atomic mass is 19.3. The molecule has 0 saturated carbocycles. The smallest absolute Gasteiger partial charge is 0.257 e. The molecule has 6 nitrogen and oxygen atoms in total. The standard InChI is InChI=1S/C20H19F2NO3.C8H11F2NO.C2H5F/c1-13(24)9-15-6-5-14(11-18(15)21)16-10-17-19(23-12-16)3-2-4-20(17)25-7-8-26-22;1-7(2,8(3,9)10)6-4-5-11-12-6;1-2-3/h4-6,10-12H,2-3,7-9H2,1H3;4-5H,1-3H3;2H2,1H3. The SMILES string of the molecule is CC(=O)Cc1ccc(-c2cnc3c(c2)C(OCCOF)=CCC3)cc1F.CC(F)(F)C(C)(C)c1ccno1.CCF. The molecule has 1 aliphatic rings. The number of Topliss-reactive ketones (excluding diaryl/α,β-unsaturated/α-hetero) is 1. The highest BCUT2D eigenvalue weighted by Crippen LogP contribution is 2.38. The first kappa shape index (κ1) is 33.6. The van der Waals surface area contributed by atoms with Gasteiger partial charge in [-0.3, -0.25) is 14.2 Å². The summed E-state index contributed by atoms with van der Waals surface area (Å²) in [4.78, 5) is 19.2. The van der Waals surface area contributed by atoms with Crippen LogP contribution >= 0.6 is 0 Å². The van der Waals surface area contributed by atoms with Crippen LogP contribution in [0.1, 0.15) is 63.6 Å². The van der Waals surface area contributed by atoms with E-state index in [2.05, 4.69) is 15.1 Å². The number of nitrogens with zero attached hydrogens (tertiary/aromatic N) is 2. The normalized spacial score (nSPS) is 12.7. The number of carbonyl (C=O) groups excluding carboxylic acids is 1. The Bertz CT molecular complexity index is 1290. The average Bonchev–Trinajstić information content (AvgIpc) is 3.46. The van der Waals surface area contributed by atoms with Gasteiger partial charge in [0.25, 0.3) is 5.92 Å². The van der Waals surface area contributed by atoms with Crippen LogP contribution in [0.2, 0.25) is 0 Å². The van der Waals surface area contributed by atoms with Gasteiger partial charge in [0.1, 0.15) is 36.3 Å². The van der Waals surface area contributed by atoms with Gasteiger partial charge in [-0.1, -0.05) is 17.3 Å². The number of hydrogen-bond acceptors (Lipinski definition) is 6. The Morgan fingerprint density at radius 3 is 2.37 bits per heavy atom. The lowest BCUT2D eigenvalue weighted by Gasteiger charge is -2.28. The van der Waals surface area contributed by atoms with Gasteiger partial charge in [-0.25, -0.2) is 13.2 Å². The van der Waals surface area contributed by atoms with E-state index in [9.17, 15) is 26.9 Å². The maximum atomic E-state index is 14.3. The molecule has 0 atom stereocenters. The number of aryl methyl sites for hydroxylation is 1. The summed E-state index contributed by atoms with van der Waals surface area (Å²) in [7, 11) is 0. The van der Waals surface area contributed by atoms with Crippen molar-refractivity contribution in [2.24, 2.45) is 0 Å². The molecule has 0 bridgehead atoms. The summed E-state index contributed by atoms with van der Waals surface area (Å²) in [5.41, 5.74) is 2.20. The van der Waals surface area contributed by atoms with Gasteiger partial charge in [0.15, 0.2) is 0 Å². The zero-order valence-electron chi connectivity index (χ0n) is 23.8. The molecule has 3 aromatic rings. The van der Waals surface area contributed by atoms with Gasteiger partial charge in [0.05, 0.1) is 24.0 Å². The number of hydrogen-bond donors (Lipinski definition) is 0. The molecule has 1 aliphatic carbocycles. The van der Waals surface area contributed by atoms with Crippen LogP contribution < -0.4 is 0 Å². The summed E-state index contributed by atoms with van der Waals surface area (Å²) in [6.07, 6.45) is 6.65. The van der Waals surface area contributed by atoms with Gasteiger partial charge in [-0.2, -0.15) is 4.94 Å². The van der Waals surface area contributed by atoms with Gasteiger partial charge in [-0.05, 0) is 74.4 Å². The van der Waals surface area contributed by atoms with Crippen molar-refractivity contribution in [1.29, 1.82) is 0 Å². The maximum Gasteiger partial charge on any atom is 0.257 e. The predicted molar refractivity (Wildman–Crippen MR) is 145 cm³/mol. The fraction of sp³-hybridized carbons (Fsp3) is 0.433. The Kier molecular flexibility index (Phi) is 12.6. The van der Waals surface area contributed by atoms with E-state index in [0.29, 0.717) is 16.9 Å². The van der Waals surface area contributed by atoms with Gasteiger partial charge in [0, 0.05) is 36.7 Å². The molecule has 4 rings (SSSR count). The third-order valence-corrected chi connectivity index (χ3v) is 6.34. The van der Waals surface area contributed by atoms with Crippen molar-refractivity contribution in [3.05, 3.63) is 77.2 Å². The fourth-order valence-corrected chi connectivity index (χ4v) is 3.73. The Morgan fingerprint density at radius 1 is 1.10 bits per heavy atom. The molecule has 1 aromatic carbocycles. The Morgan fingerprint density at radius 2 is 1.80 bits per heavy atom. The lowest BCUT2D eigenvalue weighted by Crippen LogP contribution is -2.37. The van der Waals surface area contributed by atoms with Gasteiger partial charge in [0.2, 0.25) is 0 Å². The highest BCUT2D eigenvalue weighted by Gasteiger charge is 2.45. The second-order valence-corrected chi connectivity index (χ2v) is 9.83. The number of aromatic nitrogens is 2. The second kappa shape index (κ2) is 15.4. The van der Waals surface area contributed by atoms with E-state index in [-0.39, 0.29) is 37.9 Å². The molecule has 41 heavy (non-hydrogen) atoms. The van der Waals surface area contributed by atoms with Gasteiger partial charge in [-0.15, -0.1) is 0 Å². The minimum Gasteiger partial charge on any atom is -0.491 e. The fourth-order valence-electron chi connectivity index (χ4n) is 3.73. The molecule has 2 aromatic heterocycles. The lowest BCUT2D eigenvalue weighted by molar-refractivity contribution is -0.140. The molecule has 0 unspecified atom stereocenters. The molecule has 224 valence electrons. The summed E-state index contributed by atoms with van der Waals surface area (Å²) >= 11 is 0. The number of ether oxygens (including phenoxy) is 1. The molecule has 0 amide bonds. The van der Waals surface area contributed by atoms with Crippen LogP contribution in [0, 0.1) is 5.82 Å². The van der Waals surface area contributed by atoms with Crippen molar-refractivity contribution in [1.82, 2.24) is 10.1 Å². The van der Waals surface area contributed by atoms with E-state index in [1.165, 1.54) is 46.0 Å². The van der Waals surface area contributed by atoms with Gasteiger partial charge >= 0.3 is 0 Å². The molecular weight excluding hydrogens is 547 g/mol. The summed E-state index contributed by atoms with van der Waals surface area (Å²) in [6.45, 7) is 6.31. The number of alkyl halides is 3. The number of ketones is 1. The van der Waals surface area contributed by atoms with Crippen LogP contribution in [0.3, 0.4) is 0 Å². The molecule has 0 fully saturated rings. The van der Waals surface area contributed by atoms with Crippen LogP contribution in [0.15, 0.2) is 53.3 Å². The topological polar surface area (TPSA) is 74.5 Å². The second-order valence-electron chi connectivity index (χ2n) is 9.83. The molecule has 11 heteroatoms. The third kappa shape index (κ3) is 9.48. The van der Waals surface area contributed by atoms with Crippen molar-refractivity contribution >= 4 is 11.5 Å². The quantitative estimate of drug-likeness (QED) is 0.189. The minimum atomic E-state index is -2.81. The summed E-state index contributed by atoms with van der Waals surface area (Å²) in [5.74, 6) is -2.48. The zero-order valence-corrected chi connectivity index (χ0v) is 23.8. The van der Waals surface area contributed by atoms with Crippen molar-refractivity contribution in [3.63, 3.8) is 0 Å². The number of pyridine rings is 1. The Balaban J connectivity index is 0.000000327. The van der Waals surface area contributed by atoms with E-state index in [1.807, 2.05) is 12.1 Å². The van der Waals surface area contributed by atoms with Crippen molar-refractivity contribution in [3.8, 4) is 11.1 Å². The molecule has 0 N–H and O–H groups in total. The van der Waals surface area contributed by atoms with Crippen LogP contribution in [-0.4, -0.2) is 41.7 Å². The maximum absolute atomic E-state index is 14.3. The van der Waals surface area contributed by atoms with E-state index in [4.69, 9.17) is 9.26 Å². The average molecular weight is 583 g/mol. The first-order valence-corrected chi connectivity index (χ1v) is 13.0.